The highest BCUT2D eigenvalue weighted by atomic mass is 16.6. The van der Waals surface area contributed by atoms with Gasteiger partial charge in [0.15, 0.2) is 6.10 Å². The van der Waals surface area contributed by atoms with E-state index in [0.717, 1.165) is 75.5 Å². The minimum Gasteiger partial charge on any atom is -0.462 e. The monoisotopic (exact) mass is 975 g/mol. The van der Waals surface area contributed by atoms with Gasteiger partial charge in [0.2, 0.25) is 0 Å². The number of hydrogen-bond donors (Lipinski definition) is 0. The van der Waals surface area contributed by atoms with E-state index in [1.165, 1.54) is 231 Å². The second kappa shape index (κ2) is 54.2. The molecule has 0 N–H and O–H groups in total. The standard InChI is InChI=1S/C63H122O6/c1-7-59(6)51-45-39-33-26-22-18-14-10-8-9-11-15-20-24-28-36-42-48-54-63(66)69-60(56-68-62(65)53-47-41-35-30-29-32-38-44-50-58(4)5)55-67-61(64)52-46-40-34-27-23-19-16-12-13-17-21-25-31-37-43-49-57(2)3/h57-60H,7-56H2,1-6H3/t59?,60-/m1/s1. The lowest BCUT2D eigenvalue weighted by Crippen LogP contribution is -2.30. The lowest BCUT2D eigenvalue weighted by atomic mass is 9.99. The number of rotatable bonds is 56. The summed E-state index contributed by atoms with van der Waals surface area (Å²) < 4.78 is 16.9. The highest BCUT2D eigenvalue weighted by molar-refractivity contribution is 5.71. The van der Waals surface area contributed by atoms with E-state index < -0.39 is 6.10 Å². The Hall–Kier alpha value is -1.59. The van der Waals surface area contributed by atoms with Crippen molar-refractivity contribution in [2.24, 2.45) is 17.8 Å². The Bertz CT molecular complexity index is 1070. The highest BCUT2D eigenvalue weighted by Gasteiger charge is 2.19. The molecule has 0 fully saturated rings. The van der Waals surface area contributed by atoms with Gasteiger partial charge in [-0.3, -0.25) is 14.4 Å². The minimum absolute atomic E-state index is 0.0633. The first-order valence-corrected chi connectivity index (χ1v) is 31.1. The van der Waals surface area contributed by atoms with E-state index in [1.807, 2.05) is 0 Å². The zero-order valence-corrected chi connectivity index (χ0v) is 47.6. The normalized spacial score (nSPS) is 12.5. The van der Waals surface area contributed by atoms with Crippen molar-refractivity contribution in [2.75, 3.05) is 13.2 Å². The van der Waals surface area contributed by atoms with Gasteiger partial charge in [-0.2, -0.15) is 0 Å². The zero-order valence-electron chi connectivity index (χ0n) is 47.6. The fourth-order valence-electron chi connectivity index (χ4n) is 9.67. The van der Waals surface area contributed by atoms with Gasteiger partial charge >= 0.3 is 17.9 Å². The summed E-state index contributed by atoms with van der Waals surface area (Å²) in [4.78, 5) is 38.2. The molecule has 0 aromatic heterocycles. The quantitative estimate of drug-likeness (QED) is 0.0343. The van der Waals surface area contributed by atoms with Crippen LogP contribution in [0.25, 0.3) is 0 Å². The molecule has 69 heavy (non-hydrogen) atoms. The van der Waals surface area contributed by atoms with Crippen LogP contribution in [0.4, 0.5) is 0 Å². The van der Waals surface area contributed by atoms with Crippen molar-refractivity contribution in [3.63, 3.8) is 0 Å². The molecule has 0 aliphatic rings. The molecule has 0 aromatic carbocycles. The fourth-order valence-corrected chi connectivity index (χ4v) is 9.67. The lowest BCUT2D eigenvalue weighted by molar-refractivity contribution is -0.167. The molecule has 0 radical (unpaired) electrons. The van der Waals surface area contributed by atoms with Crippen LogP contribution in [0.1, 0.15) is 350 Å². The van der Waals surface area contributed by atoms with Gasteiger partial charge in [-0.05, 0) is 37.0 Å². The maximum atomic E-state index is 12.9. The second-order valence-corrected chi connectivity index (χ2v) is 22.9. The van der Waals surface area contributed by atoms with Crippen molar-refractivity contribution >= 4 is 17.9 Å². The number of unbranched alkanes of at least 4 members (excludes halogenated alkanes) is 38. The number of ether oxygens (including phenoxy) is 3. The molecule has 0 rings (SSSR count). The highest BCUT2D eigenvalue weighted by Crippen LogP contribution is 2.19. The molecule has 6 heteroatoms. The van der Waals surface area contributed by atoms with E-state index in [0.29, 0.717) is 19.3 Å². The third-order valence-corrected chi connectivity index (χ3v) is 14.8. The van der Waals surface area contributed by atoms with Gasteiger partial charge in [-0.1, -0.05) is 311 Å². The molecule has 0 spiro atoms. The SMILES string of the molecule is CCC(C)CCCCCCCCCCCCCCCCCCCCC(=O)O[C@H](COC(=O)CCCCCCCCCCCCCCCCCC(C)C)COC(=O)CCCCCCCCCCC(C)C. The van der Waals surface area contributed by atoms with Crippen LogP contribution in [0.15, 0.2) is 0 Å². The summed E-state index contributed by atoms with van der Waals surface area (Å²) in [5, 5.41) is 0. The summed E-state index contributed by atoms with van der Waals surface area (Å²) in [7, 11) is 0. The van der Waals surface area contributed by atoms with Gasteiger partial charge < -0.3 is 14.2 Å². The fraction of sp³-hybridized carbons (Fsp3) is 0.952. The number of carbonyl (C=O) groups is 3. The molecule has 1 unspecified atom stereocenters. The Morgan fingerprint density at radius 3 is 0.754 bits per heavy atom. The van der Waals surface area contributed by atoms with Gasteiger partial charge in [-0.25, -0.2) is 0 Å². The first kappa shape index (κ1) is 67.4. The Morgan fingerprint density at radius 2 is 0.507 bits per heavy atom. The molecule has 410 valence electrons. The summed E-state index contributed by atoms with van der Waals surface area (Å²) in [6, 6.07) is 0. The van der Waals surface area contributed by atoms with E-state index in [2.05, 4.69) is 41.5 Å². The van der Waals surface area contributed by atoms with Crippen molar-refractivity contribution in [3.8, 4) is 0 Å². The number of esters is 3. The topological polar surface area (TPSA) is 78.9 Å². The Kier molecular flexibility index (Phi) is 52.9. The van der Waals surface area contributed by atoms with Crippen LogP contribution < -0.4 is 0 Å². The lowest BCUT2D eigenvalue weighted by Gasteiger charge is -2.18. The first-order valence-electron chi connectivity index (χ1n) is 31.1. The molecule has 6 nitrogen and oxygen atoms in total. The summed E-state index contributed by atoms with van der Waals surface area (Å²) in [6.45, 7) is 13.8. The van der Waals surface area contributed by atoms with Crippen LogP contribution in [-0.4, -0.2) is 37.2 Å². The van der Waals surface area contributed by atoms with Crippen molar-refractivity contribution in [2.45, 2.75) is 356 Å². The molecule has 0 aliphatic carbocycles. The first-order chi connectivity index (χ1) is 33.6. The van der Waals surface area contributed by atoms with Crippen LogP contribution in [0, 0.1) is 17.8 Å². The van der Waals surface area contributed by atoms with Crippen molar-refractivity contribution in [1.82, 2.24) is 0 Å². The summed E-state index contributed by atoms with van der Waals surface area (Å²) >= 11 is 0. The van der Waals surface area contributed by atoms with Gasteiger partial charge in [0.05, 0.1) is 0 Å². The van der Waals surface area contributed by atoms with Gasteiger partial charge in [0, 0.05) is 19.3 Å². The molecule has 0 aliphatic heterocycles. The third kappa shape index (κ3) is 55.6. The molecule has 2 atom stereocenters. The largest absolute Gasteiger partial charge is 0.462 e. The van der Waals surface area contributed by atoms with E-state index in [-0.39, 0.29) is 31.1 Å². The van der Waals surface area contributed by atoms with Gasteiger partial charge in [0.25, 0.3) is 0 Å². The molecular formula is C63H122O6. The maximum absolute atomic E-state index is 12.9. The van der Waals surface area contributed by atoms with Crippen molar-refractivity contribution < 1.29 is 28.6 Å². The van der Waals surface area contributed by atoms with Crippen molar-refractivity contribution in [1.29, 1.82) is 0 Å². The van der Waals surface area contributed by atoms with Crippen LogP contribution in [-0.2, 0) is 28.6 Å². The van der Waals surface area contributed by atoms with Crippen molar-refractivity contribution in [3.05, 3.63) is 0 Å². The molecule has 0 bridgehead atoms. The molecule has 0 saturated carbocycles. The number of hydrogen-bond acceptors (Lipinski definition) is 6. The van der Waals surface area contributed by atoms with E-state index >= 15 is 0 Å². The second-order valence-electron chi connectivity index (χ2n) is 22.9. The average Bonchev–Trinajstić information content (AvgIpc) is 3.32. The molecule has 0 aromatic rings. The Morgan fingerprint density at radius 1 is 0.290 bits per heavy atom. The van der Waals surface area contributed by atoms with Gasteiger partial charge in [-0.15, -0.1) is 0 Å². The van der Waals surface area contributed by atoms with Crippen LogP contribution in [0.5, 0.6) is 0 Å². The molecule has 0 saturated heterocycles. The molecule has 0 amide bonds. The van der Waals surface area contributed by atoms with E-state index in [1.54, 1.807) is 0 Å². The third-order valence-electron chi connectivity index (χ3n) is 14.8. The molecule has 0 heterocycles. The van der Waals surface area contributed by atoms with E-state index in [9.17, 15) is 14.4 Å². The Balaban J connectivity index is 4.23. The molecular weight excluding hydrogens is 853 g/mol. The predicted molar refractivity (Wildman–Crippen MR) is 298 cm³/mol. The Labute approximate surface area is 431 Å². The number of carbonyl (C=O) groups excluding carboxylic acids is 3. The zero-order chi connectivity index (χ0) is 50.5. The predicted octanol–water partition coefficient (Wildman–Crippen LogP) is 20.7. The minimum atomic E-state index is -0.764. The smallest absolute Gasteiger partial charge is 0.306 e. The summed E-state index contributed by atoms with van der Waals surface area (Å²) in [5.41, 5.74) is 0. The van der Waals surface area contributed by atoms with Crippen LogP contribution in [0.3, 0.4) is 0 Å². The van der Waals surface area contributed by atoms with Crippen LogP contribution >= 0.6 is 0 Å². The van der Waals surface area contributed by atoms with Gasteiger partial charge in [0.1, 0.15) is 13.2 Å². The average molecular weight is 976 g/mol. The van der Waals surface area contributed by atoms with E-state index in [4.69, 9.17) is 14.2 Å². The summed E-state index contributed by atoms with van der Waals surface area (Å²) in [6.07, 6.45) is 58.2. The summed E-state index contributed by atoms with van der Waals surface area (Å²) in [5.74, 6) is 1.71. The van der Waals surface area contributed by atoms with Crippen LogP contribution in [0.2, 0.25) is 0 Å². The maximum Gasteiger partial charge on any atom is 0.306 e.